The van der Waals surface area contributed by atoms with E-state index >= 15 is 0 Å². The number of aliphatic hydroxyl groups is 5. The molecule has 6 N–H and O–H groups in total. The number of nitrogens with one attached hydrogen (secondary N) is 1. The van der Waals surface area contributed by atoms with Crippen LogP contribution in [0.2, 0.25) is 0 Å². The van der Waals surface area contributed by atoms with Crippen LogP contribution in [0.15, 0.2) is 49.2 Å². The van der Waals surface area contributed by atoms with E-state index in [4.69, 9.17) is 24.5 Å². The summed E-state index contributed by atoms with van der Waals surface area (Å²) in [5.74, 6) is -2.74. The lowest BCUT2D eigenvalue weighted by molar-refractivity contribution is -0.456. The van der Waals surface area contributed by atoms with E-state index in [0.717, 1.165) is 24.0 Å². The topological polar surface area (TPSA) is 250 Å². The summed E-state index contributed by atoms with van der Waals surface area (Å²) >= 11 is 0. The Morgan fingerprint density at radius 2 is 1.73 bits per heavy atom. The highest BCUT2D eigenvalue weighted by Crippen LogP contribution is 2.32. The lowest BCUT2D eigenvalue weighted by Crippen LogP contribution is -2.46. The molecule has 0 aromatic carbocycles. The van der Waals surface area contributed by atoms with Gasteiger partial charge in [0.05, 0.1) is 24.0 Å². The summed E-state index contributed by atoms with van der Waals surface area (Å²) in [5.41, 5.74) is -0.754. The van der Waals surface area contributed by atoms with E-state index in [1.54, 1.807) is 30.7 Å². The van der Waals surface area contributed by atoms with Gasteiger partial charge >= 0.3 is 24.1 Å². The highest BCUT2D eigenvalue weighted by molar-refractivity contribution is 6.06. The quantitative estimate of drug-likeness (QED) is 0.174. The zero-order valence-corrected chi connectivity index (χ0v) is 26.3. The second-order valence-electron chi connectivity index (χ2n) is 11.7. The number of nitrogens with zero attached hydrogens (tertiary/aromatic N) is 7. The Hall–Kier alpha value is -4.85. The number of ether oxygens (including phenoxy) is 3. The van der Waals surface area contributed by atoms with Crippen LogP contribution in [0.5, 0.6) is 12.0 Å². The molecule has 2 aliphatic rings. The monoisotopic (exact) mass is 668 g/mol. The molecule has 1 aliphatic carbocycles. The number of pyridine rings is 1. The molecule has 0 unspecified atom stereocenters. The Kier molecular flexibility index (Phi) is 10.1. The summed E-state index contributed by atoms with van der Waals surface area (Å²) in [6.45, 7) is 2.83. The van der Waals surface area contributed by atoms with Crippen LogP contribution in [0.1, 0.15) is 50.8 Å². The highest BCUT2D eigenvalue weighted by Gasteiger charge is 2.39. The van der Waals surface area contributed by atoms with Crippen molar-refractivity contribution in [3.63, 3.8) is 0 Å². The average Bonchev–Trinajstić information content (AvgIpc) is 3.06. The molecule has 0 saturated heterocycles. The summed E-state index contributed by atoms with van der Waals surface area (Å²) in [5, 5.41) is 58.4. The SMILES string of the molecule is COc1ncc(-c2ccc(N(C(=O)OCC(C)(C)O)C3CCC(Oc4ncc5c(n4)C(=N)/C=C\N(C(O)O)OC5(O)O)CC3)nc2)cn1. The molecule has 18 heteroatoms. The number of carbonyl (C=O) groups excluding carboxylic acids is 1. The molecule has 256 valence electrons. The van der Waals surface area contributed by atoms with E-state index in [9.17, 15) is 30.3 Å². The minimum atomic E-state index is -3.09. The predicted molar refractivity (Wildman–Crippen MR) is 164 cm³/mol. The van der Waals surface area contributed by atoms with Gasteiger partial charge in [0.1, 0.15) is 24.2 Å². The lowest BCUT2D eigenvalue weighted by atomic mass is 9.92. The van der Waals surface area contributed by atoms with Crippen molar-refractivity contribution in [2.75, 3.05) is 18.6 Å². The fourth-order valence-electron chi connectivity index (χ4n) is 5.02. The Morgan fingerprint density at radius 3 is 2.33 bits per heavy atom. The number of carbonyl (C=O) groups is 1. The second-order valence-corrected chi connectivity index (χ2v) is 11.7. The Bertz CT molecular complexity index is 1620. The van der Waals surface area contributed by atoms with Crippen LogP contribution in [0, 0.1) is 5.41 Å². The molecule has 48 heavy (non-hydrogen) atoms. The van der Waals surface area contributed by atoms with Crippen LogP contribution in [-0.2, 0) is 15.5 Å². The third-order valence-electron chi connectivity index (χ3n) is 7.39. The van der Waals surface area contributed by atoms with Crippen LogP contribution in [0.4, 0.5) is 10.6 Å². The molecule has 1 saturated carbocycles. The first-order chi connectivity index (χ1) is 22.7. The molecule has 1 amide bonds. The van der Waals surface area contributed by atoms with E-state index in [1.165, 1.54) is 25.9 Å². The van der Waals surface area contributed by atoms with Crippen molar-refractivity contribution in [1.82, 2.24) is 30.0 Å². The standard InChI is InChI=1S/C30H36N8O10/c1-29(2,42)16-46-28(41)38(23-9-4-17(12-32-23)18-13-33-25(45-3)34-14-18)19-5-7-20(8-6-19)47-26-35-15-21-24(36-26)22(31)10-11-37(27(39)40)48-30(21,43)44/h4,9-15,19-20,27,31,39-40,42-44H,5-8,16H2,1-3H3/b11-10-,31-22?. The number of anilines is 1. The molecule has 0 atom stereocenters. The fourth-order valence-corrected chi connectivity index (χ4v) is 5.02. The minimum absolute atomic E-state index is 0.132. The number of methoxy groups -OCH3 is 1. The summed E-state index contributed by atoms with van der Waals surface area (Å²) < 4.78 is 16.5. The van der Waals surface area contributed by atoms with E-state index in [1.807, 2.05) is 0 Å². The molecule has 3 aromatic heterocycles. The number of aliphatic hydroxyl groups excluding tert-OH is 1. The first kappa shape index (κ1) is 34.5. The Morgan fingerprint density at radius 1 is 1.06 bits per heavy atom. The van der Waals surface area contributed by atoms with Gasteiger partial charge in [0.2, 0.25) is 0 Å². The number of rotatable bonds is 9. The van der Waals surface area contributed by atoms with Crippen LogP contribution in [0.25, 0.3) is 11.1 Å². The first-order valence-corrected chi connectivity index (χ1v) is 14.8. The fraction of sp³-hybridized carbons (Fsp3) is 0.433. The van der Waals surface area contributed by atoms with Gasteiger partial charge in [-0.25, -0.2) is 34.6 Å². The van der Waals surface area contributed by atoms with Crippen molar-refractivity contribution in [1.29, 1.82) is 5.41 Å². The molecule has 4 heterocycles. The van der Waals surface area contributed by atoms with Gasteiger partial charge in [0, 0.05) is 48.2 Å². The average molecular weight is 669 g/mol. The van der Waals surface area contributed by atoms with Gasteiger partial charge in [-0.2, -0.15) is 4.98 Å². The zero-order valence-electron chi connectivity index (χ0n) is 26.3. The van der Waals surface area contributed by atoms with Gasteiger partial charge in [-0.1, -0.05) is 0 Å². The molecular weight excluding hydrogens is 632 g/mol. The molecule has 1 fully saturated rings. The molecule has 0 bridgehead atoms. The molecule has 18 nitrogen and oxygen atoms in total. The number of allylic oxidation sites excluding steroid dienone is 1. The second kappa shape index (κ2) is 14.1. The summed E-state index contributed by atoms with van der Waals surface area (Å²) in [6.07, 6.45) is 6.44. The lowest BCUT2D eigenvalue weighted by Gasteiger charge is -2.36. The largest absolute Gasteiger partial charge is 0.467 e. The van der Waals surface area contributed by atoms with Crippen LogP contribution in [-0.4, -0.2) is 105 Å². The van der Waals surface area contributed by atoms with Gasteiger partial charge < -0.3 is 39.7 Å². The van der Waals surface area contributed by atoms with Crippen molar-refractivity contribution in [2.24, 2.45) is 0 Å². The molecule has 1 aliphatic heterocycles. The van der Waals surface area contributed by atoms with E-state index in [0.29, 0.717) is 42.1 Å². The number of aromatic nitrogens is 5. The summed E-state index contributed by atoms with van der Waals surface area (Å²) in [4.78, 5) is 40.7. The van der Waals surface area contributed by atoms with Gasteiger partial charge in [-0.05, 0) is 57.7 Å². The molecule has 0 radical (unpaired) electrons. The maximum absolute atomic E-state index is 13.4. The van der Waals surface area contributed by atoms with Crippen molar-refractivity contribution < 1.29 is 49.4 Å². The molecule has 5 rings (SSSR count). The molecule has 3 aromatic rings. The number of fused-ring (bicyclic) bond motifs is 1. The van der Waals surface area contributed by atoms with Gasteiger partial charge in [-0.3, -0.25) is 10.3 Å². The van der Waals surface area contributed by atoms with Crippen LogP contribution >= 0.6 is 0 Å². The molecular formula is C30H36N8O10. The number of amides is 1. The Balaban J connectivity index is 1.30. The Labute approximate surface area is 274 Å². The van der Waals surface area contributed by atoms with E-state index < -0.39 is 29.6 Å². The third-order valence-corrected chi connectivity index (χ3v) is 7.39. The van der Waals surface area contributed by atoms with Crippen LogP contribution in [0.3, 0.4) is 0 Å². The smallest absolute Gasteiger partial charge is 0.415 e. The molecule has 0 spiro atoms. The van der Waals surface area contributed by atoms with Gasteiger partial charge in [0.25, 0.3) is 6.41 Å². The highest BCUT2D eigenvalue weighted by atomic mass is 16.9. The first-order valence-electron chi connectivity index (χ1n) is 14.8. The van der Waals surface area contributed by atoms with E-state index in [-0.39, 0.29) is 42.2 Å². The van der Waals surface area contributed by atoms with Gasteiger partial charge in [-0.15, -0.1) is 0 Å². The van der Waals surface area contributed by atoms with E-state index in [2.05, 4.69) is 24.9 Å². The maximum atomic E-state index is 13.4. The van der Waals surface area contributed by atoms with Crippen molar-refractivity contribution in [3.05, 3.63) is 60.5 Å². The minimum Gasteiger partial charge on any atom is -0.467 e. The van der Waals surface area contributed by atoms with Crippen molar-refractivity contribution in [2.45, 2.75) is 69.7 Å². The van der Waals surface area contributed by atoms with Crippen LogP contribution < -0.4 is 14.4 Å². The van der Waals surface area contributed by atoms with Gasteiger partial charge in [0.15, 0.2) is 0 Å². The zero-order chi connectivity index (χ0) is 34.6. The number of hydrogen-bond donors (Lipinski definition) is 6. The number of hydroxylamine groups is 2. The predicted octanol–water partition coefficient (Wildman–Crippen LogP) is 0.933. The van der Waals surface area contributed by atoms with Crippen molar-refractivity contribution in [3.8, 4) is 23.1 Å². The summed E-state index contributed by atoms with van der Waals surface area (Å²) in [7, 11) is 1.47. The summed E-state index contributed by atoms with van der Waals surface area (Å²) in [6, 6.07) is 3.24. The normalized spacial score (nSPS) is 19.9. The number of hydrogen-bond acceptors (Lipinski definition) is 17. The van der Waals surface area contributed by atoms with Crippen molar-refractivity contribution >= 4 is 17.6 Å². The third kappa shape index (κ3) is 8.16. The maximum Gasteiger partial charge on any atom is 0.415 e.